The topological polar surface area (TPSA) is 67.9 Å². The van der Waals surface area contributed by atoms with Crippen LogP contribution in [0.15, 0.2) is 59.1 Å². The van der Waals surface area contributed by atoms with Crippen LogP contribution in [0.4, 0.5) is 0 Å². The van der Waals surface area contributed by atoms with E-state index in [1.807, 2.05) is 31.2 Å². The molecule has 2 aliphatic heterocycles. The number of aromatic nitrogens is 1. The largest absolute Gasteiger partial charge is 0.466 e. The fourth-order valence-corrected chi connectivity index (χ4v) is 5.41. The Hall–Kier alpha value is -3.03. The number of esters is 1. The predicted octanol–water partition coefficient (Wildman–Crippen LogP) is 4.76. The molecule has 1 unspecified atom stereocenters. The van der Waals surface area contributed by atoms with Crippen LogP contribution in [0.2, 0.25) is 5.02 Å². The number of rotatable bonds is 6. The molecule has 1 amide bonds. The molecule has 0 spiro atoms. The number of ether oxygens (including phenoxy) is 1. The van der Waals surface area contributed by atoms with E-state index < -0.39 is 0 Å². The first-order chi connectivity index (χ1) is 17.0. The number of fused-ring (bicyclic) bond motifs is 1. The summed E-state index contributed by atoms with van der Waals surface area (Å²) in [4.78, 5) is 29.1. The van der Waals surface area contributed by atoms with Gasteiger partial charge in [-0.2, -0.15) is 0 Å². The molecule has 0 N–H and O–H groups in total. The van der Waals surface area contributed by atoms with E-state index in [2.05, 4.69) is 33.9 Å². The number of halogens is 1. The van der Waals surface area contributed by atoms with Crippen molar-refractivity contribution in [1.29, 1.82) is 0 Å². The van der Waals surface area contributed by atoms with Crippen LogP contribution in [0.25, 0.3) is 0 Å². The Morgan fingerprint density at radius 1 is 1.03 bits per heavy atom. The van der Waals surface area contributed by atoms with Gasteiger partial charge in [-0.05, 0) is 55.7 Å². The Labute approximate surface area is 210 Å². The van der Waals surface area contributed by atoms with Gasteiger partial charge in [-0.15, -0.1) is 0 Å². The zero-order chi connectivity index (χ0) is 24.4. The molecule has 8 heteroatoms. The molecule has 3 aromatic rings. The number of carbonyl (C=O) groups excluding carboxylic acids is 2. The second kappa shape index (κ2) is 10.3. The van der Waals surface area contributed by atoms with Gasteiger partial charge in [0.15, 0.2) is 5.76 Å². The molecule has 1 saturated heterocycles. The average Bonchev–Trinajstić information content (AvgIpc) is 3.54. The molecule has 5 rings (SSSR count). The maximum Gasteiger partial charge on any atom is 0.309 e. The van der Waals surface area contributed by atoms with Crippen molar-refractivity contribution in [2.45, 2.75) is 38.9 Å². The third-order valence-electron chi connectivity index (χ3n) is 6.97. The summed E-state index contributed by atoms with van der Waals surface area (Å²) in [5.41, 5.74) is 2.25. The fourth-order valence-electron chi connectivity index (χ4n) is 5.17. The standard InChI is InChI=1S/C27H30ClN3O4/c1-2-34-27(33)19-11-14-30(15-12-19)26(32)24-10-9-20(35-24)18-31-17-16-29-13-5-8-23(29)25(31)21-6-3-4-7-22(21)28/h3-10,13,19,25H,2,11-12,14-18H2,1H3. The third kappa shape index (κ3) is 4.88. The van der Waals surface area contributed by atoms with Crippen molar-refractivity contribution in [2.75, 3.05) is 26.2 Å². The molecule has 1 atom stereocenters. The Balaban J connectivity index is 1.28. The van der Waals surface area contributed by atoms with Crippen molar-refractivity contribution in [3.05, 3.63) is 82.5 Å². The van der Waals surface area contributed by atoms with E-state index in [4.69, 9.17) is 20.8 Å². The first-order valence-corrected chi connectivity index (χ1v) is 12.6. The summed E-state index contributed by atoms with van der Waals surface area (Å²) in [6.07, 6.45) is 3.33. The van der Waals surface area contributed by atoms with Gasteiger partial charge in [0, 0.05) is 43.1 Å². The molecule has 0 bridgehead atoms. The Morgan fingerprint density at radius 3 is 2.60 bits per heavy atom. The number of benzene rings is 1. The molecule has 35 heavy (non-hydrogen) atoms. The number of hydrogen-bond acceptors (Lipinski definition) is 5. The van der Waals surface area contributed by atoms with E-state index >= 15 is 0 Å². The third-order valence-corrected chi connectivity index (χ3v) is 7.32. The van der Waals surface area contributed by atoms with E-state index in [1.54, 1.807) is 11.0 Å². The molecule has 2 aromatic heterocycles. The van der Waals surface area contributed by atoms with E-state index in [0.717, 1.165) is 29.4 Å². The maximum absolute atomic E-state index is 13.0. The second-order valence-electron chi connectivity index (χ2n) is 9.11. The van der Waals surface area contributed by atoms with Crippen LogP contribution in [0.1, 0.15) is 53.4 Å². The Bertz CT molecular complexity index is 1190. The van der Waals surface area contributed by atoms with Gasteiger partial charge in [-0.1, -0.05) is 29.8 Å². The zero-order valence-electron chi connectivity index (χ0n) is 19.9. The van der Waals surface area contributed by atoms with Gasteiger partial charge in [0.2, 0.25) is 0 Å². The summed E-state index contributed by atoms with van der Waals surface area (Å²) in [6, 6.07) is 15.8. The Morgan fingerprint density at radius 2 is 1.83 bits per heavy atom. The van der Waals surface area contributed by atoms with Crippen molar-refractivity contribution in [3.63, 3.8) is 0 Å². The normalized spacial score (nSPS) is 18.9. The van der Waals surface area contributed by atoms with Gasteiger partial charge >= 0.3 is 5.97 Å². The zero-order valence-corrected chi connectivity index (χ0v) is 20.6. The number of amides is 1. The summed E-state index contributed by atoms with van der Waals surface area (Å²) < 4.78 is 13.4. The van der Waals surface area contributed by atoms with Crippen molar-refractivity contribution in [3.8, 4) is 0 Å². The minimum atomic E-state index is -0.166. The van der Waals surface area contributed by atoms with Crippen LogP contribution in [0, 0.1) is 5.92 Å². The summed E-state index contributed by atoms with van der Waals surface area (Å²) in [5, 5.41) is 0.735. The average molecular weight is 496 g/mol. The highest BCUT2D eigenvalue weighted by molar-refractivity contribution is 6.31. The quantitative estimate of drug-likeness (QED) is 0.461. The highest BCUT2D eigenvalue weighted by Crippen LogP contribution is 2.37. The van der Waals surface area contributed by atoms with Gasteiger partial charge in [0.05, 0.1) is 25.1 Å². The SMILES string of the molecule is CCOC(=O)C1CCN(C(=O)c2ccc(CN3CCn4cccc4C3c3ccccc3Cl)o2)CC1. The van der Waals surface area contributed by atoms with E-state index in [0.29, 0.717) is 44.8 Å². The fraction of sp³-hybridized carbons (Fsp3) is 0.407. The first-order valence-electron chi connectivity index (χ1n) is 12.2. The Kier molecular flexibility index (Phi) is 6.97. The lowest BCUT2D eigenvalue weighted by Crippen LogP contribution is -2.40. The molecule has 1 aromatic carbocycles. The van der Waals surface area contributed by atoms with E-state index in [-0.39, 0.29) is 23.8 Å². The number of likely N-dealkylation sites (tertiary alicyclic amines) is 1. The van der Waals surface area contributed by atoms with Crippen LogP contribution in [-0.2, 0) is 22.6 Å². The number of nitrogens with zero attached hydrogens (tertiary/aromatic N) is 3. The maximum atomic E-state index is 13.0. The molecule has 2 aliphatic rings. The highest BCUT2D eigenvalue weighted by atomic mass is 35.5. The molecular formula is C27H30ClN3O4. The number of piperidine rings is 1. The molecule has 0 aliphatic carbocycles. The summed E-state index contributed by atoms with van der Waals surface area (Å²) in [6.45, 7) is 5.52. The number of furan rings is 1. The van der Waals surface area contributed by atoms with Crippen LogP contribution in [0.3, 0.4) is 0 Å². The van der Waals surface area contributed by atoms with Crippen molar-refractivity contribution < 1.29 is 18.7 Å². The number of hydrogen-bond donors (Lipinski definition) is 0. The summed E-state index contributed by atoms with van der Waals surface area (Å²) in [7, 11) is 0. The van der Waals surface area contributed by atoms with Crippen LogP contribution < -0.4 is 0 Å². The molecule has 0 radical (unpaired) electrons. The summed E-state index contributed by atoms with van der Waals surface area (Å²) in [5.74, 6) is 0.649. The van der Waals surface area contributed by atoms with E-state index in [9.17, 15) is 9.59 Å². The molecule has 0 saturated carbocycles. The molecule has 1 fully saturated rings. The first kappa shape index (κ1) is 23.7. The smallest absolute Gasteiger partial charge is 0.309 e. The molecule has 7 nitrogen and oxygen atoms in total. The van der Waals surface area contributed by atoms with Gasteiger partial charge in [-0.25, -0.2) is 0 Å². The summed E-state index contributed by atoms with van der Waals surface area (Å²) >= 11 is 6.60. The predicted molar refractivity (Wildman–Crippen MR) is 132 cm³/mol. The van der Waals surface area contributed by atoms with Crippen molar-refractivity contribution >= 4 is 23.5 Å². The van der Waals surface area contributed by atoms with Crippen LogP contribution in [0.5, 0.6) is 0 Å². The van der Waals surface area contributed by atoms with E-state index in [1.165, 1.54) is 5.69 Å². The number of carbonyl (C=O) groups is 2. The lowest BCUT2D eigenvalue weighted by atomic mass is 9.97. The van der Waals surface area contributed by atoms with Gasteiger partial charge in [0.1, 0.15) is 5.76 Å². The highest BCUT2D eigenvalue weighted by Gasteiger charge is 2.32. The van der Waals surface area contributed by atoms with Crippen LogP contribution >= 0.6 is 11.6 Å². The van der Waals surface area contributed by atoms with Crippen molar-refractivity contribution in [2.24, 2.45) is 5.92 Å². The van der Waals surface area contributed by atoms with Crippen molar-refractivity contribution in [1.82, 2.24) is 14.4 Å². The van der Waals surface area contributed by atoms with Crippen LogP contribution in [-0.4, -0.2) is 52.5 Å². The molecular weight excluding hydrogens is 466 g/mol. The molecule has 184 valence electrons. The minimum Gasteiger partial charge on any atom is -0.466 e. The molecule has 4 heterocycles. The van der Waals surface area contributed by atoms with Gasteiger partial charge in [-0.3, -0.25) is 14.5 Å². The van der Waals surface area contributed by atoms with Gasteiger partial charge < -0.3 is 18.6 Å². The second-order valence-corrected chi connectivity index (χ2v) is 9.51. The van der Waals surface area contributed by atoms with Gasteiger partial charge in [0.25, 0.3) is 5.91 Å². The lowest BCUT2D eigenvalue weighted by molar-refractivity contribution is -0.149. The lowest BCUT2D eigenvalue weighted by Gasteiger charge is -2.37. The monoisotopic (exact) mass is 495 g/mol. The minimum absolute atomic E-state index is 0.00129.